The van der Waals surface area contributed by atoms with Gasteiger partial charge in [-0.2, -0.15) is 0 Å². The Labute approximate surface area is 167 Å². The number of para-hydroxylation sites is 2. The molecule has 28 heavy (non-hydrogen) atoms. The highest BCUT2D eigenvalue weighted by molar-refractivity contribution is 6.32. The quantitative estimate of drug-likeness (QED) is 0.454. The molecule has 3 aromatic carbocycles. The van der Waals surface area contributed by atoms with E-state index in [-0.39, 0.29) is 6.42 Å². The molecule has 0 aliphatic heterocycles. The third-order valence-electron chi connectivity index (χ3n) is 4.55. The monoisotopic (exact) mass is 391 g/mol. The fourth-order valence-corrected chi connectivity index (χ4v) is 3.45. The number of rotatable bonds is 6. The molecule has 1 aromatic heterocycles. The van der Waals surface area contributed by atoms with Crippen molar-refractivity contribution in [3.8, 4) is 11.5 Å². The van der Waals surface area contributed by atoms with E-state index in [1.807, 2.05) is 72.9 Å². The molecule has 140 valence electrons. The molecular formula is C23H18ClNO3. The molecule has 0 bridgehead atoms. The van der Waals surface area contributed by atoms with Gasteiger partial charge in [-0.1, -0.05) is 54.1 Å². The summed E-state index contributed by atoms with van der Waals surface area (Å²) in [6.07, 6.45) is 1.94. The average molecular weight is 392 g/mol. The summed E-state index contributed by atoms with van der Waals surface area (Å²) in [6, 6.07) is 23.0. The molecule has 4 aromatic rings. The molecule has 5 heteroatoms. The van der Waals surface area contributed by atoms with Crippen molar-refractivity contribution in [2.24, 2.45) is 0 Å². The van der Waals surface area contributed by atoms with E-state index in [0.29, 0.717) is 23.1 Å². The number of aromatic nitrogens is 1. The highest BCUT2D eigenvalue weighted by Gasteiger charge is 2.11. The number of carboxylic acid groups (broad SMARTS) is 1. The lowest BCUT2D eigenvalue weighted by Gasteiger charge is -2.09. The van der Waals surface area contributed by atoms with Crippen LogP contribution in [0.4, 0.5) is 0 Å². The van der Waals surface area contributed by atoms with Crippen LogP contribution in [0.15, 0.2) is 79.0 Å². The van der Waals surface area contributed by atoms with E-state index in [0.717, 1.165) is 22.0 Å². The van der Waals surface area contributed by atoms with Gasteiger partial charge in [0.1, 0.15) is 11.5 Å². The van der Waals surface area contributed by atoms with Crippen molar-refractivity contribution < 1.29 is 14.6 Å². The van der Waals surface area contributed by atoms with Crippen molar-refractivity contribution in [3.63, 3.8) is 0 Å². The van der Waals surface area contributed by atoms with Crippen molar-refractivity contribution in [3.05, 3.63) is 95.1 Å². The molecule has 1 heterocycles. The zero-order chi connectivity index (χ0) is 19.5. The van der Waals surface area contributed by atoms with Crippen LogP contribution in [0.3, 0.4) is 0 Å². The van der Waals surface area contributed by atoms with Crippen LogP contribution in [0.25, 0.3) is 10.9 Å². The van der Waals surface area contributed by atoms with E-state index in [9.17, 15) is 4.79 Å². The molecule has 0 aliphatic rings. The van der Waals surface area contributed by atoms with Crippen LogP contribution in [0.5, 0.6) is 11.5 Å². The van der Waals surface area contributed by atoms with Gasteiger partial charge in [0, 0.05) is 23.6 Å². The number of nitrogens with zero attached hydrogens (tertiary/aromatic N) is 1. The van der Waals surface area contributed by atoms with E-state index in [4.69, 9.17) is 21.4 Å². The number of ether oxygens (including phenoxy) is 1. The Bertz CT molecular complexity index is 1130. The highest BCUT2D eigenvalue weighted by Crippen LogP contribution is 2.29. The lowest BCUT2D eigenvalue weighted by molar-refractivity contribution is -0.136. The molecule has 0 amide bonds. The van der Waals surface area contributed by atoms with Gasteiger partial charge < -0.3 is 14.4 Å². The molecule has 0 atom stereocenters. The van der Waals surface area contributed by atoms with Crippen LogP contribution in [0.1, 0.15) is 11.1 Å². The Morgan fingerprint density at radius 2 is 1.68 bits per heavy atom. The highest BCUT2D eigenvalue weighted by atomic mass is 35.5. The number of carboxylic acids is 1. The molecule has 0 saturated heterocycles. The van der Waals surface area contributed by atoms with Crippen LogP contribution >= 0.6 is 11.6 Å². The largest absolute Gasteiger partial charge is 0.481 e. The third kappa shape index (κ3) is 3.87. The smallest absolute Gasteiger partial charge is 0.307 e. The van der Waals surface area contributed by atoms with Gasteiger partial charge in [-0.15, -0.1) is 0 Å². The van der Waals surface area contributed by atoms with Crippen LogP contribution in [0.2, 0.25) is 5.02 Å². The predicted octanol–water partition coefficient (Wildman–Crippen LogP) is 5.76. The second kappa shape index (κ2) is 7.79. The van der Waals surface area contributed by atoms with Gasteiger partial charge in [0.25, 0.3) is 0 Å². The number of hydrogen-bond acceptors (Lipinski definition) is 2. The molecule has 0 spiro atoms. The zero-order valence-electron chi connectivity index (χ0n) is 15.0. The molecule has 1 N–H and O–H groups in total. The lowest BCUT2D eigenvalue weighted by Crippen LogP contribution is -2.00. The van der Waals surface area contributed by atoms with Crippen LogP contribution in [0, 0.1) is 0 Å². The van der Waals surface area contributed by atoms with E-state index in [1.165, 1.54) is 0 Å². The van der Waals surface area contributed by atoms with Gasteiger partial charge >= 0.3 is 5.97 Å². The van der Waals surface area contributed by atoms with Gasteiger partial charge in [0.2, 0.25) is 0 Å². The molecular weight excluding hydrogens is 374 g/mol. The summed E-state index contributed by atoms with van der Waals surface area (Å²) in [5.41, 5.74) is 2.94. The van der Waals surface area contributed by atoms with Crippen molar-refractivity contribution in [1.82, 2.24) is 4.57 Å². The van der Waals surface area contributed by atoms with E-state index >= 15 is 0 Å². The van der Waals surface area contributed by atoms with Crippen molar-refractivity contribution >= 4 is 28.5 Å². The van der Waals surface area contributed by atoms with E-state index in [2.05, 4.69) is 4.57 Å². The fraction of sp³-hybridized carbons (Fsp3) is 0.0870. The number of aliphatic carboxylic acids is 1. The Kier molecular flexibility index (Phi) is 5.04. The minimum atomic E-state index is -0.830. The number of benzene rings is 3. The Morgan fingerprint density at radius 1 is 0.964 bits per heavy atom. The van der Waals surface area contributed by atoms with E-state index in [1.54, 1.807) is 6.07 Å². The summed E-state index contributed by atoms with van der Waals surface area (Å²) < 4.78 is 7.91. The maximum Gasteiger partial charge on any atom is 0.307 e. The number of fused-ring (bicyclic) bond motifs is 1. The summed E-state index contributed by atoms with van der Waals surface area (Å²) in [5, 5.41) is 10.7. The molecule has 0 aliphatic carbocycles. The minimum absolute atomic E-state index is 0.0120. The topological polar surface area (TPSA) is 51.5 Å². The average Bonchev–Trinajstić information content (AvgIpc) is 3.02. The minimum Gasteiger partial charge on any atom is -0.481 e. The summed E-state index contributed by atoms with van der Waals surface area (Å²) in [4.78, 5) is 11.2. The SMILES string of the molecule is O=C(O)Cc1cn(Cc2ccc(Oc3ccccc3Cl)cc2)c2ccccc12. The number of hydrogen-bond donors (Lipinski definition) is 1. The fourth-order valence-electron chi connectivity index (χ4n) is 3.27. The second-order valence-corrected chi connectivity index (χ2v) is 6.95. The van der Waals surface area contributed by atoms with Crippen LogP contribution < -0.4 is 4.74 Å². The summed E-state index contributed by atoms with van der Waals surface area (Å²) >= 11 is 6.14. The summed E-state index contributed by atoms with van der Waals surface area (Å²) in [5.74, 6) is 0.497. The van der Waals surface area contributed by atoms with Crippen molar-refractivity contribution in [2.45, 2.75) is 13.0 Å². The van der Waals surface area contributed by atoms with Gasteiger partial charge in [-0.05, 0) is 41.5 Å². The first-order chi connectivity index (χ1) is 13.6. The lowest BCUT2D eigenvalue weighted by atomic mass is 10.1. The van der Waals surface area contributed by atoms with Crippen LogP contribution in [-0.4, -0.2) is 15.6 Å². The number of halogens is 1. The Balaban J connectivity index is 1.56. The third-order valence-corrected chi connectivity index (χ3v) is 4.87. The first-order valence-corrected chi connectivity index (χ1v) is 9.28. The van der Waals surface area contributed by atoms with Gasteiger partial charge in [-0.25, -0.2) is 0 Å². The normalized spacial score (nSPS) is 10.9. The second-order valence-electron chi connectivity index (χ2n) is 6.55. The summed E-state index contributed by atoms with van der Waals surface area (Å²) in [7, 11) is 0. The molecule has 0 fully saturated rings. The zero-order valence-corrected chi connectivity index (χ0v) is 15.8. The Morgan fingerprint density at radius 3 is 2.43 bits per heavy atom. The maximum atomic E-state index is 11.2. The first-order valence-electron chi connectivity index (χ1n) is 8.90. The van der Waals surface area contributed by atoms with Gasteiger partial charge in [0.15, 0.2) is 0 Å². The maximum absolute atomic E-state index is 11.2. The van der Waals surface area contributed by atoms with Crippen molar-refractivity contribution in [1.29, 1.82) is 0 Å². The molecule has 4 rings (SSSR count). The standard InChI is InChI=1S/C23H18ClNO3/c24-20-6-2-4-8-22(20)28-18-11-9-16(10-12-18)14-25-15-17(13-23(26)27)19-5-1-3-7-21(19)25/h1-12,15H,13-14H2,(H,26,27). The number of carbonyl (C=O) groups is 1. The first kappa shape index (κ1) is 18.1. The van der Waals surface area contributed by atoms with Gasteiger partial charge in [0.05, 0.1) is 11.4 Å². The van der Waals surface area contributed by atoms with Crippen molar-refractivity contribution in [2.75, 3.05) is 0 Å². The molecule has 4 nitrogen and oxygen atoms in total. The summed E-state index contributed by atoms with van der Waals surface area (Å²) in [6.45, 7) is 0.645. The molecule has 0 saturated carbocycles. The molecule has 0 unspecified atom stereocenters. The van der Waals surface area contributed by atoms with Gasteiger partial charge in [-0.3, -0.25) is 4.79 Å². The predicted molar refractivity (Wildman–Crippen MR) is 110 cm³/mol. The molecule has 0 radical (unpaired) electrons. The Hall–Kier alpha value is -3.24. The van der Waals surface area contributed by atoms with Crippen LogP contribution in [-0.2, 0) is 17.8 Å². The van der Waals surface area contributed by atoms with E-state index < -0.39 is 5.97 Å².